The molecule has 0 saturated carbocycles. The lowest BCUT2D eigenvalue weighted by molar-refractivity contribution is 0.305. The molecular weight excluding hydrogens is 276 g/mol. The predicted molar refractivity (Wildman–Crippen MR) is 75.9 cm³/mol. The monoisotopic (exact) mass is 292 g/mol. The Hall–Kier alpha value is -1.86. The van der Waals surface area contributed by atoms with Crippen molar-refractivity contribution in [1.29, 1.82) is 5.26 Å². The van der Waals surface area contributed by atoms with Crippen LogP contribution < -0.4 is 4.72 Å². The first-order valence-electron chi connectivity index (χ1n) is 6.07. The summed E-state index contributed by atoms with van der Waals surface area (Å²) in [5.74, 6) is 5.68. The van der Waals surface area contributed by atoms with Crippen LogP contribution in [0.2, 0.25) is 0 Å². The Morgan fingerprint density at radius 1 is 1.40 bits per heavy atom. The molecule has 0 aliphatic rings. The summed E-state index contributed by atoms with van der Waals surface area (Å²) in [6.45, 7) is 1.40. The molecular formula is C14H16N2O3S. The molecule has 0 amide bonds. The molecule has 6 heteroatoms. The molecule has 0 bridgehead atoms. The van der Waals surface area contributed by atoms with E-state index >= 15 is 0 Å². The first kappa shape index (κ1) is 16.2. The second-order valence-electron chi connectivity index (χ2n) is 4.07. The molecule has 0 spiro atoms. The number of nitrogens with one attached hydrogen (secondary N) is 1. The van der Waals surface area contributed by atoms with E-state index < -0.39 is 15.3 Å². The maximum Gasteiger partial charge on any atom is 0.227 e. The SMILES string of the molecule is CC(C#N)S(=O)(=O)NCc1ccccc1C#CCCO. The largest absolute Gasteiger partial charge is 0.395 e. The summed E-state index contributed by atoms with van der Waals surface area (Å²) < 4.78 is 25.8. The molecule has 0 aliphatic carbocycles. The molecule has 1 rings (SSSR count). The van der Waals surface area contributed by atoms with Gasteiger partial charge in [-0.2, -0.15) is 5.26 Å². The molecule has 1 atom stereocenters. The van der Waals surface area contributed by atoms with E-state index in [1.807, 2.05) is 0 Å². The van der Waals surface area contributed by atoms with E-state index in [4.69, 9.17) is 10.4 Å². The molecule has 0 aliphatic heterocycles. The van der Waals surface area contributed by atoms with E-state index in [1.165, 1.54) is 6.92 Å². The normalized spacial score (nSPS) is 12.1. The fourth-order valence-electron chi connectivity index (χ4n) is 1.38. The van der Waals surface area contributed by atoms with Gasteiger partial charge in [-0.3, -0.25) is 0 Å². The zero-order chi connectivity index (χ0) is 15.0. The average molecular weight is 292 g/mol. The average Bonchev–Trinajstić information content (AvgIpc) is 2.45. The number of aliphatic hydroxyl groups is 1. The molecule has 0 heterocycles. The van der Waals surface area contributed by atoms with Crippen LogP contribution in [0.15, 0.2) is 24.3 Å². The van der Waals surface area contributed by atoms with Gasteiger partial charge in [-0.25, -0.2) is 13.1 Å². The minimum Gasteiger partial charge on any atom is -0.395 e. The Bertz CT molecular complexity index is 651. The van der Waals surface area contributed by atoms with Crippen LogP contribution in [0.5, 0.6) is 0 Å². The summed E-state index contributed by atoms with van der Waals surface area (Å²) in [6, 6.07) is 8.83. The molecule has 0 saturated heterocycles. The van der Waals surface area contributed by atoms with Crippen molar-refractivity contribution >= 4 is 10.0 Å². The highest BCUT2D eigenvalue weighted by molar-refractivity contribution is 7.90. The highest BCUT2D eigenvalue weighted by Crippen LogP contribution is 2.08. The number of nitrogens with zero attached hydrogens (tertiary/aromatic N) is 1. The fraction of sp³-hybridized carbons (Fsp3) is 0.357. The van der Waals surface area contributed by atoms with Gasteiger partial charge in [-0.05, 0) is 18.6 Å². The van der Waals surface area contributed by atoms with Crippen LogP contribution in [0.3, 0.4) is 0 Å². The first-order valence-corrected chi connectivity index (χ1v) is 7.61. The van der Waals surface area contributed by atoms with Crippen LogP contribution in [-0.4, -0.2) is 25.4 Å². The number of nitriles is 1. The van der Waals surface area contributed by atoms with Crippen LogP contribution in [0.25, 0.3) is 0 Å². The van der Waals surface area contributed by atoms with Crippen molar-refractivity contribution in [2.75, 3.05) is 6.61 Å². The lowest BCUT2D eigenvalue weighted by Crippen LogP contribution is -2.31. The molecule has 106 valence electrons. The summed E-state index contributed by atoms with van der Waals surface area (Å²) in [4.78, 5) is 0. The lowest BCUT2D eigenvalue weighted by Gasteiger charge is -2.09. The Morgan fingerprint density at radius 3 is 2.75 bits per heavy atom. The summed E-state index contributed by atoms with van der Waals surface area (Å²) in [5.41, 5.74) is 1.43. The molecule has 1 unspecified atom stereocenters. The van der Waals surface area contributed by atoms with Crippen molar-refractivity contribution in [3.05, 3.63) is 35.4 Å². The molecule has 0 radical (unpaired) electrons. The second kappa shape index (κ2) is 7.66. The van der Waals surface area contributed by atoms with E-state index in [0.29, 0.717) is 12.0 Å². The standard InChI is InChI=1S/C14H16N2O3S/c1-12(10-15)20(18,19)16-11-14-8-3-2-6-13(14)7-4-5-9-17/h2-3,6,8,12,16-17H,5,9,11H2,1H3. The van der Waals surface area contributed by atoms with Gasteiger partial charge in [0.1, 0.15) is 0 Å². The van der Waals surface area contributed by atoms with Crippen LogP contribution in [0.4, 0.5) is 0 Å². The quantitative estimate of drug-likeness (QED) is 0.784. The lowest BCUT2D eigenvalue weighted by atomic mass is 10.1. The maximum atomic E-state index is 11.7. The maximum absolute atomic E-state index is 11.7. The highest BCUT2D eigenvalue weighted by atomic mass is 32.2. The minimum absolute atomic E-state index is 0.0124. The van der Waals surface area contributed by atoms with E-state index in [-0.39, 0.29) is 13.2 Å². The van der Waals surface area contributed by atoms with Crippen molar-refractivity contribution < 1.29 is 13.5 Å². The van der Waals surface area contributed by atoms with Gasteiger partial charge in [0.05, 0.1) is 12.7 Å². The number of rotatable bonds is 5. The van der Waals surface area contributed by atoms with Crippen LogP contribution >= 0.6 is 0 Å². The number of hydrogen-bond acceptors (Lipinski definition) is 4. The van der Waals surface area contributed by atoms with Crippen molar-refractivity contribution in [3.8, 4) is 17.9 Å². The Balaban J connectivity index is 2.85. The number of sulfonamides is 1. The second-order valence-corrected chi connectivity index (χ2v) is 6.16. The van der Waals surface area contributed by atoms with Crippen LogP contribution in [-0.2, 0) is 16.6 Å². The highest BCUT2D eigenvalue weighted by Gasteiger charge is 2.19. The van der Waals surface area contributed by atoms with Gasteiger partial charge in [0.15, 0.2) is 5.25 Å². The summed E-state index contributed by atoms with van der Waals surface area (Å²) in [5, 5.41) is 16.2. The van der Waals surface area contributed by atoms with E-state index in [1.54, 1.807) is 30.3 Å². The van der Waals surface area contributed by atoms with Crippen molar-refractivity contribution in [3.63, 3.8) is 0 Å². The van der Waals surface area contributed by atoms with E-state index in [0.717, 1.165) is 5.56 Å². The van der Waals surface area contributed by atoms with Gasteiger partial charge in [0.2, 0.25) is 10.0 Å². The molecule has 5 nitrogen and oxygen atoms in total. The zero-order valence-corrected chi connectivity index (χ0v) is 11.9. The number of hydrogen-bond donors (Lipinski definition) is 2. The Labute approximate surface area is 119 Å². The third-order valence-corrected chi connectivity index (χ3v) is 4.17. The number of aliphatic hydroxyl groups excluding tert-OH is 1. The van der Waals surface area contributed by atoms with Gasteiger partial charge < -0.3 is 5.11 Å². The molecule has 2 N–H and O–H groups in total. The van der Waals surface area contributed by atoms with Crippen molar-refractivity contribution in [2.24, 2.45) is 0 Å². The van der Waals surface area contributed by atoms with Crippen molar-refractivity contribution in [2.45, 2.75) is 25.1 Å². The molecule has 0 aromatic heterocycles. The van der Waals surface area contributed by atoms with Gasteiger partial charge >= 0.3 is 0 Å². The summed E-state index contributed by atoms with van der Waals surface area (Å²) in [6.07, 6.45) is 0.367. The Kier molecular flexibility index (Phi) is 6.20. The van der Waals surface area contributed by atoms with Gasteiger partial charge in [-0.15, -0.1) is 0 Å². The number of benzene rings is 1. The van der Waals surface area contributed by atoms with Gasteiger partial charge in [0, 0.05) is 18.5 Å². The van der Waals surface area contributed by atoms with Gasteiger partial charge in [0.25, 0.3) is 0 Å². The Morgan fingerprint density at radius 2 is 2.10 bits per heavy atom. The topological polar surface area (TPSA) is 90.2 Å². The van der Waals surface area contributed by atoms with E-state index in [2.05, 4.69) is 16.6 Å². The summed E-state index contributed by atoms with van der Waals surface area (Å²) in [7, 11) is -3.65. The first-order chi connectivity index (χ1) is 9.51. The van der Waals surface area contributed by atoms with Crippen LogP contribution in [0, 0.1) is 23.2 Å². The van der Waals surface area contributed by atoms with Crippen molar-refractivity contribution in [1.82, 2.24) is 4.72 Å². The smallest absolute Gasteiger partial charge is 0.227 e. The molecule has 20 heavy (non-hydrogen) atoms. The zero-order valence-electron chi connectivity index (χ0n) is 11.1. The molecule has 1 aromatic rings. The predicted octanol–water partition coefficient (Wildman–Crippen LogP) is 0.752. The van der Waals surface area contributed by atoms with Crippen LogP contribution in [0.1, 0.15) is 24.5 Å². The molecule has 1 aromatic carbocycles. The van der Waals surface area contributed by atoms with E-state index in [9.17, 15) is 8.42 Å². The third kappa shape index (κ3) is 4.67. The fourth-order valence-corrected chi connectivity index (χ4v) is 2.13. The van der Waals surface area contributed by atoms with Gasteiger partial charge in [-0.1, -0.05) is 30.0 Å². The summed E-state index contributed by atoms with van der Waals surface area (Å²) >= 11 is 0. The molecule has 0 fully saturated rings. The third-order valence-electron chi connectivity index (χ3n) is 2.59. The minimum atomic E-state index is -3.65.